The summed E-state index contributed by atoms with van der Waals surface area (Å²) in [7, 11) is 1.53. The Morgan fingerprint density at radius 3 is 2.35 bits per heavy atom. The van der Waals surface area contributed by atoms with Gasteiger partial charge in [0, 0.05) is 27.5 Å². The lowest BCUT2D eigenvalue weighted by Crippen LogP contribution is -2.19. The molecule has 3 N–H and O–H groups in total. The molecule has 0 bridgehead atoms. The van der Waals surface area contributed by atoms with E-state index < -0.39 is 0 Å². The van der Waals surface area contributed by atoms with Crippen LogP contribution >= 0.6 is 27.3 Å². The summed E-state index contributed by atoms with van der Waals surface area (Å²) in [6.07, 6.45) is 0. The molecule has 156 valence electrons. The summed E-state index contributed by atoms with van der Waals surface area (Å²) in [5, 5.41) is 8.82. The van der Waals surface area contributed by atoms with Crippen molar-refractivity contribution in [2.24, 2.45) is 0 Å². The maximum absolute atomic E-state index is 12.4. The van der Waals surface area contributed by atoms with Crippen LogP contribution < -0.4 is 20.7 Å². The van der Waals surface area contributed by atoms with Gasteiger partial charge in [0.05, 0.1) is 11.8 Å². The van der Waals surface area contributed by atoms with E-state index in [0.29, 0.717) is 33.3 Å². The highest BCUT2D eigenvalue weighted by atomic mass is 79.9. The highest BCUT2D eigenvalue weighted by Gasteiger charge is 2.15. The van der Waals surface area contributed by atoms with Gasteiger partial charge in [0.15, 0.2) is 5.13 Å². The monoisotopic (exact) mass is 496 g/mol. The van der Waals surface area contributed by atoms with E-state index in [1.54, 1.807) is 48.5 Å². The quantitative estimate of drug-likeness (QED) is 0.317. The van der Waals surface area contributed by atoms with Gasteiger partial charge in [0.25, 0.3) is 5.91 Å². The number of hydrogen-bond acceptors (Lipinski definition) is 5. The van der Waals surface area contributed by atoms with Gasteiger partial charge >= 0.3 is 6.03 Å². The van der Waals surface area contributed by atoms with Gasteiger partial charge in [-0.15, -0.1) is 0 Å². The molecule has 0 saturated heterocycles. The Kier molecular flexibility index (Phi) is 6.15. The van der Waals surface area contributed by atoms with Gasteiger partial charge in [-0.05, 0) is 42.5 Å². The van der Waals surface area contributed by atoms with Gasteiger partial charge in [-0.1, -0.05) is 45.5 Å². The first-order valence-electron chi connectivity index (χ1n) is 9.20. The van der Waals surface area contributed by atoms with Crippen LogP contribution in [0.5, 0.6) is 5.75 Å². The first-order chi connectivity index (χ1) is 15.0. The first-order valence-corrected chi connectivity index (χ1v) is 10.8. The number of anilines is 3. The molecule has 0 fully saturated rings. The second-order valence-corrected chi connectivity index (χ2v) is 8.40. The number of ether oxygens (including phenoxy) is 1. The summed E-state index contributed by atoms with van der Waals surface area (Å²) in [5.74, 6) is 0.249. The SMILES string of the molecule is COc1cc(NC(=O)Nc2ccc(Br)cc2)cc2sc(NC(=O)c3ccccc3)nc12. The molecule has 1 heterocycles. The van der Waals surface area contributed by atoms with E-state index in [0.717, 1.165) is 9.17 Å². The number of rotatable bonds is 5. The molecule has 7 nitrogen and oxygen atoms in total. The van der Waals surface area contributed by atoms with Crippen molar-refractivity contribution in [1.82, 2.24) is 4.98 Å². The Balaban J connectivity index is 1.53. The molecule has 0 unspecified atom stereocenters. The zero-order valence-electron chi connectivity index (χ0n) is 16.3. The summed E-state index contributed by atoms with van der Waals surface area (Å²) in [4.78, 5) is 29.2. The van der Waals surface area contributed by atoms with Crippen molar-refractivity contribution in [3.8, 4) is 5.75 Å². The number of halogens is 1. The van der Waals surface area contributed by atoms with Crippen molar-refractivity contribution in [3.63, 3.8) is 0 Å². The van der Waals surface area contributed by atoms with Gasteiger partial charge in [-0.3, -0.25) is 10.1 Å². The molecular formula is C22H17BrN4O3S. The number of carbonyl (C=O) groups is 2. The minimum atomic E-state index is -0.383. The van der Waals surface area contributed by atoms with Crippen molar-refractivity contribution in [3.05, 3.63) is 76.8 Å². The summed E-state index contributed by atoms with van der Waals surface area (Å²) in [6, 6.07) is 19.3. The van der Waals surface area contributed by atoms with Gasteiger partial charge in [-0.25, -0.2) is 9.78 Å². The minimum absolute atomic E-state index is 0.245. The predicted octanol–water partition coefficient (Wildman–Crippen LogP) is 5.96. The fourth-order valence-electron chi connectivity index (χ4n) is 2.87. The van der Waals surface area contributed by atoms with Crippen LogP contribution in [0.25, 0.3) is 10.2 Å². The van der Waals surface area contributed by atoms with Gasteiger partial charge < -0.3 is 15.4 Å². The highest BCUT2D eigenvalue weighted by Crippen LogP contribution is 2.35. The molecule has 4 rings (SSSR count). The van der Waals surface area contributed by atoms with E-state index in [4.69, 9.17) is 4.74 Å². The average molecular weight is 497 g/mol. The van der Waals surface area contributed by atoms with Crippen molar-refractivity contribution in [2.75, 3.05) is 23.1 Å². The minimum Gasteiger partial charge on any atom is -0.494 e. The Morgan fingerprint density at radius 1 is 0.935 bits per heavy atom. The second-order valence-electron chi connectivity index (χ2n) is 6.45. The van der Waals surface area contributed by atoms with Crippen LogP contribution in [0.1, 0.15) is 10.4 Å². The summed E-state index contributed by atoms with van der Waals surface area (Å²) in [6.45, 7) is 0. The highest BCUT2D eigenvalue weighted by molar-refractivity contribution is 9.10. The zero-order chi connectivity index (χ0) is 21.8. The number of amides is 3. The van der Waals surface area contributed by atoms with E-state index >= 15 is 0 Å². The Morgan fingerprint density at radius 2 is 1.65 bits per heavy atom. The summed E-state index contributed by atoms with van der Waals surface area (Å²) >= 11 is 4.66. The van der Waals surface area contributed by atoms with E-state index in [9.17, 15) is 9.59 Å². The van der Waals surface area contributed by atoms with E-state index in [-0.39, 0.29) is 11.9 Å². The molecule has 0 spiro atoms. The summed E-state index contributed by atoms with van der Waals surface area (Å²) < 4.78 is 7.13. The number of fused-ring (bicyclic) bond motifs is 1. The standard InChI is InChI=1S/C22H17BrN4O3S/c1-30-17-11-16(25-21(29)24-15-9-7-14(23)8-10-15)12-18-19(17)26-22(31-18)27-20(28)13-5-3-2-4-6-13/h2-12H,1H3,(H2,24,25,29)(H,26,27,28). The first kappa shape index (κ1) is 20.8. The van der Waals surface area contributed by atoms with Crippen molar-refractivity contribution >= 4 is 65.9 Å². The molecule has 0 aliphatic carbocycles. The molecule has 4 aromatic rings. The lowest BCUT2D eigenvalue weighted by atomic mass is 10.2. The number of nitrogens with zero attached hydrogens (tertiary/aromatic N) is 1. The number of thiazole rings is 1. The van der Waals surface area contributed by atoms with Gasteiger partial charge in [0.2, 0.25) is 0 Å². The molecule has 0 atom stereocenters. The Bertz CT molecular complexity index is 1240. The van der Waals surface area contributed by atoms with Gasteiger partial charge in [-0.2, -0.15) is 0 Å². The van der Waals surface area contributed by atoms with Crippen LogP contribution in [0.4, 0.5) is 21.3 Å². The third-order valence-electron chi connectivity index (χ3n) is 4.30. The molecule has 0 saturated carbocycles. The number of hydrogen-bond donors (Lipinski definition) is 3. The van der Waals surface area contributed by atoms with E-state index in [1.807, 2.05) is 18.2 Å². The number of carbonyl (C=O) groups excluding carboxylic acids is 2. The zero-order valence-corrected chi connectivity index (χ0v) is 18.7. The van der Waals surface area contributed by atoms with E-state index in [1.165, 1.54) is 18.4 Å². The number of benzene rings is 3. The van der Waals surface area contributed by atoms with Gasteiger partial charge in [0.1, 0.15) is 11.3 Å². The maximum atomic E-state index is 12.4. The molecular weight excluding hydrogens is 480 g/mol. The molecule has 9 heteroatoms. The molecule has 0 aliphatic heterocycles. The van der Waals surface area contributed by atoms with E-state index in [2.05, 4.69) is 36.9 Å². The number of methoxy groups -OCH3 is 1. The molecule has 0 radical (unpaired) electrons. The molecule has 31 heavy (non-hydrogen) atoms. The third kappa shape index (κ3) is 5.01. The number of urea groups is 1. The average Bonchev–Trinajstić information content (AvgIpc) is 3.17. The summed E-state index contributed by atoms with van der Waals surface area (Å²) in [5.41, 5.74) is 2.36. The van der Waals surface area contributed by atoms with Crippen molar-refractivity contribution in [2.45, 2.75) is 0 Å². The predicted molar refractivity (Wildman–Crippen MR) is 127 cm³/mol. The van der Waals surface area contributed by atoms with Crippen LogP contribution in [-0.4, -0.2) is 24.0 Å². The van der Waals surface area contributed by atoms with Crippen LogP contribution in [0, 0.1) is 0 Å². The van der Waals surface area contributed by atoms with Crippen LogP contribution in [-0.2, 0) is 0 Å². The lowest BCUT2D eigenvalue weighted by molar-refractivity contribution is 0.102. The Labute approximate surface area is 190 Å². The molecule has 3 amide bonds. The third-order valence-corrected chi connectivity index (χ3v) is 5.74. The lowest BCUT2D eigenvalue weighted by Gasteiger charge is -2.09. The normalized spacial score (nSPS) is 10.5. The maximum Gasteiger partial charge on any atom is 0.323 e. The molecule has 1 aromatic heterocycles. The topological polar surface area (TPSA) is 92.4 Å². The fraction of sp³-hybridized carbons (Fsp3) is 0.0455. The fourth-order valence-corrected chi connectivity index (χ4v) is 4.05. The molecule has 3 aromatic carbocycles. The van der Waals surface area contributed by atoms with Crippen LogP contribution in [0.15, 0.2) is 71.2 Å². The Hall–Kier alpha value is -3.43. The smallest absolute Gasteiger partial charge is 0.323 e. The largest absolute Gasteiger partial charge is 0.494 e. The van der Waals surface area contributed by atoms with Crippen molar-refractivity contribution in [1.29, 1.82) is 0 Å². The van der Waals surface area contributed by atoms with Crippen molar-refractivity contribution < 1.29 is 14.3 Å². The molecule has 0 aliphatic rings. The van der Waals surface area contributed by atoms with Crippen LogP contribution in [0.3, 0.4) is 0 Å². The number of aromatic nitrogens is 1. The number of nitrogens with one attached hydrogen (secondary N) is 3. The second kappa shape index (κ2) is 9.15. The van der Waals surface area contributed by atoms with Crippen LogP contribution in [0.2, 0.25) is 0 Å².